The molecule has 12 rings (SSSR count). The van der Waals surface area contributed by atoms with Gasteiger partial charge in [-0.1, -0.05) is 72.8 Å². The van der Waals surface area contributed by atoms with Gasteiger partial charge in [0.05, 0.1) is 27.8 Å². The standard InChI is InChI=1S/C19H13F2N7O.C19H15F2N5O.C19H14F2N4O2/c1-28-18(24-9-25-28)19(29)27-15-6-14-13(8-23-15)12(7-22)16(26-14)10-4-2-3-5-11(10)17(20)21;1-26-7-6-22-18(26)19(27)25-16-9-14-11(10-23-16)8-15(24-14)12-4-2-3-5-13(12)17(20)21;1-10-17(23-9-27-10)19(26)25-16-7-14-11(8-22-16)6-15(24-14)12-4-2-3-5-13(12)18(20)21/h2-6,8-9,17,26H,1H3,(H,23,27,29);2-10,17,24H,1H3,(H,23,25,27);2-9,18,24H,1H3,(H,22,25,26). The number of aromatic nitrogens is 12. The lowest BCUT2D eigenvalue weighted by atomic mass is 10.0. The summed E-state index contributed by atoms with van der Waals surface area (Å²) in [5, 5.41) is 23.3. The first kappa shape index (κ1) is 55.1. The van der Waals surface area contributed by atoms with Gasteiger partial charge in [-0.05, 0) is 19.1 Å². The van der Waals surface area contributed by atoms with Gasteiger partial charge in [0.1, 0.15) is 35.6 Å². The smallest absolute Gasteiger partial charge is 0.294 e. The lowest BCUT2D eigenvalue weighted by molar-refractivity contribution is 0.100. The molecule has 0 aliphatic heterocycles. The van der Waals surface area contributed by atoms with Gasteiger partial charge >= 0.3 is 0 Å². The van der Waals surface area contributed by atoms with Gasteiger partial charge in [0.25, 0.3) is 37.0 Å². The molecule has 0 spiro atoms. The molecule has 0 radical (unpaired) electrons. The molecule has 3 aromatic carbocycles. The van der Waals surface area contributed by atoms with E-state index in [1.54, 1.807) is 111 Å². The van der Waals surface area contributed by atoms with E-state index >= 15 is 0 Å². The van der Waals surface area contributed by atoms with Crippen LogP contribution in [0.5, 0.6) is 0 Å². The molecular formula is C57H42F6N16O4. The van der Waals surface area contributed by atoms with Crippen molar-refractivity contribution < 1.29 is 45.1 Å². The number of amides is 3. The molecule has 0 aliphatic rings. The van der Waals surface area contributed by atoms with E-state index in [9.17, 15) is 46.0 Å². The predicted molar refractivity (Wildman–Crippen MR) is 293 cm³/mol. The van der Waals surface area contributed by atoms with E-state index in [0.717, 1.165) is 10.8 Å². The molecule has 0 saturated carbocycles. The Hall–Kier alpha value is -11.2. The van der Waals surface area contributed by atoms with E-state index in [1.807, 2.05) is 6.07 Å². The molecule has 0 unspecified atom stereocenters. The van der Waals surface area contributed by atoms with Crippen molar-refractivity contribution in [1.29, 1.82) is 5.26 Å². The van der Waals surface area contributed by atoms with E-state index < -0.39 is 31.1 Å². The lowest BCUT2D eigenvalue weighted by Crippen LogP contribution is -2.18. The number of anilines is 3. The molecule has 0 atom stereocenters. The number of aryl methyl sites for hydroxylation is 3. The zero-order valence-electron chi connectivity index (χ0n) is 43.5. The summed E-state index contributed by atoms with van der Waals surface area (Å²) in [7, 11) is 3.30. The van der Waals surface area contributed by atoms with Crippen LogP contribution < -0.4 is 16.0 Å². The fraction of sp³-hybridized carbons (Fsp3) is 0.105. The Balaban J connectivity index is 0.000000139. The molecule has 83 heavy (non-hydrogen) atoms. The number of carbonyl (C=O) groups excluding carboxylic acids is 3. The first-order valence-electron chi connectivity index (χ1n) is 24.7. The fourth-order valence-corrected chi connectivity index (χ4v) is 8.86. The maximum Gasteiger partial charge on any atom is 0.294 e. The Bertz CT molecular complexity index is 4240. The van der Waals surface area contributed by atoms with Crippen LogP contribution >= 0.6 is 0 Å². The second kappa shape index (κ2) is 23.6. The summed E-state index contributed by atoms with van der Waals surface area (Å²) >= 11 is 0. The van der Waals surface area contributed by atoms with Gasteiger partial charge in [-0.15, -0.1) is 0 Å². The van der Waals surface area contributed by atoms with Gasteiger partial charge in [-0.25, -0.2) is 60.9 Å². The molecule has 0 fully saturated rings. The van der Waals surface area contributed by atoms with Gasteiger partial charge in [-0.3, -0.25) is 14.4 Å². The molecule has 0 bridgehead atoms. The first-order chi connectivity index (χ1) is 40.0. The number of H-pyrrole nitrogens is 3. The first-order valence-corrected chi connectivity index (χ1v) is 24.7. The van der Waals surface area contributed by atoms with E-state index in [4.69, 9.17) is 4.42 Å². The van der Waals surface area contributed by atoms with E-state index in [-0.39, 0.29) is 62.6 Å². The Morgan fingerprint density at radius 3 is 1.57 bits per heavy atom. The monoisotopic (exact) mass is 1130 g/mol. The van der Waals surface area contributed by atoms with E-state index in [2.05, 4.69) is 65.9 Å². The molecule has 9 heterocycles. The van der Waals surface area contributed by atoms with Gasteiger partial charge in [0, 0.05) is 124 Å². The topological polar surface area (TPSA) is 272 Å². The number of rotatable bonds is 12. The number of alkyl halides is 6. The van der Waals surface area contributed by atoms with Crippen LogP contribution in [0.25, 0.3) is 66.5 Å². The van der Waals surface area contributed by atoms with Gasteiger partial charge in [0.15, 0.2) is 17.9 Å². The van der Waals surface area contributed by atoms with Gasteiger partial charge in [0.2, 0.25) is 5.82 Å². The highest BCUT2D eigenvalue weighted by Crippen LogP contribution is 2.37. The third kappa shape index (κ3) is 11.8. The van der Waals surface area contributed by atoms with Crippen LogP contribution in [0, 0.1) is 18.3 Å². The molecule has 20 nitrogen and oxygen atoms in total. The van der Waals surface area contributed by atoms with Crippen molar-refractivity contribution in [3.63, 3.8) is 0 Å². The number of hydrogen-bond donors (Lipinski definition) is 6. The average molecular weight is 1130 g/mol. The number of pyridine rings is 3. The lowest BCUT2D eigenvalue weighted by Gasteiger charge is -2.07. The van der Waals surface area contributed by atoms with Crippen molar-refractivity contribution in [3.8, 4) is 39.8 Å². The molecule has 0 aliphatic carbocycles. The summed E-state index contributed by atoms with van der Waals surface area (Å²) in [4.78, 5) is 70.2. The second-order valence-corrected chi connectivity index (χ2v) is 18.1. The number of fused-ring (bicyclic) bond motifs is 3. The number of benzene rings is 3. The largest absolute Gasteiger partial charge is 0.448 e. The Morgan fingerprint density at radius 1 is 0.590 bits per heavy atom. The van der Waals surface area contributed by atoms with Crippen LogP contribution in [0.2, 0.25) is 0 Å². The number of nitrogens with zero attached hydrogens (tertiary/aromatic N) is 10. The number of imidazole rings is 1. The van der Waals surface area contributed by atoms with E-state index in [0.29, 0.717) is 61.8 Å². The minimum absolute atomic E-state index is 0.0414. The van der Waals surface area contributed by atoms with Crippen LogP contribution in [0.1, 0.15) is 79.0 Å². The summed E-state index contributed by atoms with van der Waals surface area (Å²) in [6.45, 7) is 1.64. The SMILES string of the molecule is Cc1ocnc1C(=O)Nc1cc2[nH]c(-c3ccccc3C(F)F)cc2cn1.Cn1ccnc1C(=O)Nc1cc2[nH]c(-c3ccccc3C(F)F)cc2cn1.Cn1ncnc1C(=O)Nc1cc2[nH]c(-c3ccccc3C(F)F)c(C#N)c2cn1. The maximum atomic E-state index is 13.4. The summed E-state index contributed by atoms with van der Waals surface area (Å²) in [6.07, 6.45) is 2.35. The Labute approximate surface area is 464 Å². The van der Waals surface area contributed by atoms with Crippen molar-refractivity contribution >= 4 is 67.9 Å². The molecule has 12 aromatic rings. The van der Waals surface area contributed by atoms with Crippen LogP contribution in [-0.2, 0) is 14.1 Å². The van der Waals surface area contributed by atoms with E-state index in [1.165, 1.54) is 66.2 Å². The molecule has 9 aromatic heterocycles. The minimum atomic E-state index is -2.69. The quantitative estimate of drug-likeness (QED) is 0.0624. The highest BCUT2D eigenvalue weighted by molar-refractivity contribution is 6.05. The number of oxazole rings is 1. The molecule has 416 valence electrons. The second-order valence-electron chi connectivity index (χ2n) is 18.1. The summed E-state index contributed by atoms with van der Waals surface area (Å²) < 4.78 is 87.8. The highest BCUT2D eigenvalue weighted by atomic mass is 19.3. The predicted octanol–water partition coefficient (Wildman–Crippen LogP) is 12.3. The Kier molecular flexibility index (Phi) is 15.7. The summed E-state index contributed by atoms with van der Waals surface area (Å²) in [5.74, 6) is 0.289. The average Bonchev–Trinajstić information content (AvgIpc) is 4.23. The van der Waals surface area contributed by atoms with Crippen LogP contribution in [0.15, 0.2) is 151 Å². The highest BCUT2D eigenvalue weighted by Gasteiger charge is 2.23. The number of nitriles is 1. The van der Waals surface area contributed by atoms with Crippen molar-refractivity contribution in [3.05, 3.63) is 192 Å². The number of carbonyl (C=O) groups is 3. The molecule has 3 amide bonds. The van der Waals surface area contributed by atoms with Crippen LogP contribution in [-0.4, -0.2) is 76.9 Å². The van der Waals surface area contributed by atoms with Crippen LogP contribution in [0.3, 0.4) is 0 Å². The van der Waals surface area contributed by atoms with Crippen molar-refractivity contribution in [2.75, 3.05) is 16.0 Å². The van der Waals surface area contributed by atoms with Crippen molar-refractivity contribution in [2.24, 2.45) is 14.1 Å². The van der Waals surface area contributed by atoms with Crippen molar-refractivity contribution in [1.82, 2.24) is 59.2 Å². The maximum absolute atomic E-state index is 13.4. The van der Waals surface area contributed by atoms with Gasteiger partial charge < -0.3 is 39.9 Å². The summed E-state index contributed by atoms with van der Waals surface area (Å²) in [5.41, 5.74) is 4.41. The molecule has 0 saturated heterocycles. The minimum Gasteiger partial charge on any atom is -0.448 e. The summed E-state index contributed by atoms with van der Waals surface area (Å²) in [6, 6.07) is 29.0. The van der Waals surface area contributed by atoms with Crippen molar-refractivity contribution in [2.45, 2.75) is 26.2 Å². The third-order valence-electron chi connectivity index (χ3n) is 12.9. The number of hydrogen-bond acceptors (Lipinski definition) is 12. The molecule has 26 heteroatoms. The zero-order chi connectivity index (χ0) is 58.5. The number of nitrogens with one attached hydrogen (secondary N) is 6. The number of halogens is 6. The Morgan fingerprint density at radius 2 is 1.08 bits per heavy atom. The van der Waals surface area contributed by atoms with Crippen LogP contribution in [0.4, 0.5) is 43.8 Å². The normalized spacial score (nSPS) is 11.2. The third-order valence-corrected chi connectivity index (χ3v) is 12.9. The molecule has 6 N–H and O–H groups in total. The number of aromatic amines is 3. The fourth-order valence-electron chi connectivity index (χ4n) is 8.86. The zero-order valence-corrected chi connectivity index (χ0v) is 43.5. The van der Waals surface area contributed by atoms with Gasteiger partial charge in [-0.2, -0.15) is 10.4 Å². The molecular weight excluding hydrogens is 1090 g/mol.